The Labute approximate surface area is 162 Å². The molecule has 3 rings (SSSR count). The third-order valence-electron chi connectivity index (χ3n) is 3.88. The lowest BCUT2D eigenvalue weighted by Crippen LogP contribution is -2.18. The first-order chi connectivity index (χ1) is 12.9. The molecule has 0 radical (unpaired) electrons. The third kappa shape index (κ3) is 4.64. The van der Waals surface area contributed by atoms with E-state index in [9.17, 15) is 13.2 Å². The van der Waals surface area contributed by atoms with E-state index in [1.807, 2.05) is 19.9 Å². The summed E-state index contributed by atoms with van der Waals surface area (Å²) in [5.41, 5.74) is 1.31. The van der Waals surface area contributed by atoms with E-state index >= 15 is 0 Å². The third-order valence-corrected chi connectivity index (χ3v) is 6.53. The van der Waals surface area contributed by atoms with Crippen molar-refractivity contribution in [2.75, 3.05) is 17.7 Å². The maximum atomic E-state index is 12.6. The first-order valence-electron chi connectivity index (χ1n) is 8.50. The monoisotopic (exact) mass is 404 g/mol. The van der Waals surface area contributed by atoms with Gasteiger partial charge in [-0.2, -0.15) is 0 Å². The van der Waals surface area contributed by atoms with Crippen molar-refractivity contribution in [3.8, 4) is 5.75 Å². The van der Waals surface area contributed by atoms with Crippen LogP contribution in [-0.4, -0.2) is 31.7 Å². The Hall–Kier alpha value is -2.45. The minimum atomic E-state index is -3.56. The summed E-state index contributed by atoms with van der Waals surface area (Å²) in [5, 5.41) is 3.60. The molecule has 0 saturated heterocycles. The first-order valence-corrected chi connectivity index (χ1v) is 11.0. The fourth-order valence-electron chi connectivity index (χ4n) is 2.62. The van der Waals surface area contributed by atoms with Crippen LogP contribution in [0.1, 0.15) is 18.4 Å². The average Bonchev–Trinajstić information content (AvgIpc) is 3.01. The molecule has 0 bridgehead atoms. The summed E-state index contributed by atoms with van der Waals surface area (Å²) in [6.07, 6.45) is -0.136. The number of nitrogens with one attached hydrogen (secondary N) is 1. The van der Waals surface area contributed by atoms with Crippen molar-refractivity contribution in [1.82, 2.24) is 4.98 Å². The SMILES string of the molecule is CCOc1ccccc1NC(=O)CCS(=O)(=O)c1ccc2nc(C)sc2c1. The van der Waals surface area contributed by atoms with Gasteiger partial charge in [0.25, 0.3) is 0 Å². The van der Waals surface area contributed by atoms with Gasteiger partial charge in [0.1, 0.15) is 5.75 Å². The topological polar surface area (TPSA) is 85.4 Å². The highest BCUT2D eigenvalue weighted by Gasteiger charge is 2.18. The largest absolute Gasteiger partial charge is 0.492 e. The molecule has 1 amide bonds. The summed E-state index contributed by atoms with van der Waals surface area (Å²) >= 11 is 1.45. The molecule has 0 fully saturated rings. The second-order valence-electron chi connectivity index (χ2n) is 5.91. The summed E-state index contributed by atoms with van der Waals surface area (Å²) in [6.45, 7) is 4.21. The number of anilines is 1. The Morgan fingerprint density at radius 2 is 2.00 bits per heavy atom. The van der Waals surface area contributed by atoms with Crippen LogP contribution in [0.4, 0.5) is 5.69 Å². The van der Waals surface area contributed by atoms with Crippen LogP contribution in [0.15, 0.2) is 47.4 Å². The Balaban J connectivity index is 1.68. The smallest absolute Gasteiger partial charge is 0.225 e. The average molecular weight is 405 g/mol. The number of aryl methyl sites for hydroxylation is 1. The molecular weight excluding hydrogens is 384 g/mol. The minimum Gasteiger partial charge on any atom is -0.492 e. The maximum absolute atomic E-state index is 12.6. The van der Waals surface area contributed by atoms with Crippen molar-refractivity contribution in [1.29, 1.82) is 0 Å². The van der Waals surface area contributed by atoms with Crippen LogP contribution in [0.3, 0.4) is 0 Å². The highest BCUT2D eigenvalue weighted by Crippen LogP contribution is 2.26. The summed E-state index contributed by atoms with van der Waals surface area (Å²) in [5.74, 6) is -0.0819. The van der Waals surface area contributed by atoms with E-state index in [4.69, 9.17) is 4.74 Å². The number of hydrogen-bond acceptors (Lipinski definition) is 6. The second-order valence-corrected chi connectivity index (χ2v) is 9.25. The van der Waals surface area contributed by atoms with Gasteiger partial charge in [-0.25, -0.2) is 13.4 Å². The number of carbonyl (C=O) groups excluding carboxylic acids is 1. The summed E-state index contributed by atoms with van der Waals surface area (Å²) in [4.78, 5) is 16.8. The van der Waals surface area contributed by atoms with Gasteiger partial charge in [-0.3, -0.25) is 4.79 Å². The zero-order valence-electron chi connectivity index (χ0n) is 15.1. The lowest BCUT2D eigenvalue weighted by atomic mass is 10.3. The number of benzene rings is 2. The molecule has 1 N–H and O–H groups in total. The number of rotatable bonds is 7. The van der Waals surface area contributed by atoms with Crippen LogP contribution >= 0.6 is 11.3 Å². The Kier molecular flexibility index (Phi) is 5.76. The number of amides is 1. The van der Waals surface area contributed by atoms with Crippen molar-refractivity contribution < 1.29 is 17.9 Å². The van der Waals surface area contributed by atoms with Crippen LogP contribution in [0, 0.1) is 6.92 Å². The summed E-state index contributed by atoms with van der Waals surface area (Å²) in [6, 6.07) is 11.9. The van der Waals surface area contributed by atoms with Crippen molar-refractivity contribution in [3.05, 3.63) is 47.5 Å². The molecule has 0 aliphatic carbocycles. The van der Waals surface area contributed by atoms with Crippen LogP contribution < -0.4 is 10.1 Å². The fourth-order valence-corrected chi connectivity index (χ4v) is 4.83. The van der Waals surface area contributed by atoms with Gasteiger partial charge in [0.05, 0.1) is 38.2 Å². The number of ether oxygens (including phenoxy) is 1. The molecule has 27 heavy (non-hydrogen) atoms. The van der Waals surface area contributed by atoms with Gasteiger partial charge in [-0.1, -0.05) is 12.1 Å². The standard InChI is InChI=1S/C19H20N2O4S2/c1-3-25-17-7-5-4-6-15(17)21-19(22)10-11-27(23,24)14-8-9-16-18(12-14)26-13(2)20-16/h4-9,12H,3,10-11H2,1-2H3,(H,21,22). The van der Waals surface area contributed by atoms with Crippen molar-refractivity contribution in [2.45, 2.75) is 25.2 Å². The van der Waals surface area contributed by atoms with Gasteiger partial charge in [-0.15, -0.1) is 11.3 Å². The zero-order chi connectivity index (χ0) is 19.4. The van der Waals surface area contributed by atoms with Gasteiger partial charge in [0.2, 0.25) is 5.91 Å². The molecule has 0 aliphatic heterocycles. The molecule has 6 nitrogen and oxygen atoms in total. The molecule has 3 aromatic rings. The number of sulfone groups is 1. The molecule has 0 unspecified atom stereocenters. The van der Waals surface area contributed by atoms with Gasteiger partial charge in [0, 0.05) is 6.42 Å². The molecule has 142 valence electrons. The molecule has 0 saturated carbocycles. The van der Waals surface area contributed by atoms with E-state index in [-0.39, 0.29) is 23.0 Å². The van der Waals surface area contributed by atoms with Crippen LogP contribution in [0.2, 0.25) is 0 Å². The van der Waals surface area contributed by atoms with E-state index in [1.54, 1.807) is 36.4 Å². The molecule has 8 heteroatoms. The Morgan fingerprint density at radius 3 is 2.78 bits per heavy atom. The number of thiazole rings is 1. The van der Waals surface area contributed by atoms with E-state index in [1.165, 1.54) is 11.3 Å². The molecule has 0 spiro atoms. The fraction of sp³-hybridized carbons (Fsp3) is 0.263. The number of aromatic nitrogens is 1. The maximum Gasteiger partial charge on any atom is 0.225 e. The molecule has 0 aliphatic rings. The predicted molar refractivity (Wildman–Crippen MR) is 107 cm³/mol. The summed E-state index contributed by atoms with van der Waals surface area (Å²) < 4.78 is 31.5. The van der Waals surface area contributed by atoms with Crippen molar-refractivity contribution in [2.24, 2.45) is 0 Å². The zero-order valence-corrected chi connectivity index (χ0v) is 16.7. The highest BCUT2D eigenvalue weighted by atomic mass is 32.2. The van der Waals surface area contributed by atoms with Crippen LogP contribution in [0.5, 0.6) is 5.75 Å². The molecule has 0 atom stereocenters. The lowest BCUT2D eigenvalue weighted by molar-refractivity contribution is -0.115. The number of carbonyl (C=O) groups is 1. The van der Waals surface area contributed by atoms with E-state index < -0.39 is 9.84 Å². The Morgan fingerprint density at radius 1 is 1.22 bits per heavy atom. The van der Waals surface area contributed by atoms with Crippen molar-refractivity contribution in [3.63, 3.8) is 0 Å². The summed E-state index contributed by atoms with van der Waals surface area (Å²) in [7, 11) is -3.56. The highest BCUT2D eigenvalue weighted by molar-refractivity contribution is 7.91. The molecule has 2 aromatic carbocycles. The molecular formula is C19H20N2O4S2. The quantitative estimate of drug-likeness (QED) is 0.647. The predicted octanol–water partition coefficient (Wildman–Crippen LogP) is 3.81. The molecule has 1 aromatic heterocycles. The number of para-hydroxylation sites is 2. The number of fused-ring (bicyclic) bond motifs is 1. The van der Waals surface area contributed by atoms with Gasteiger partial charge < -0.3 is 10.1 Å². The normalized spacial score (nSPS) is 11.5. The minimum absolute atomic E-state index is 0.136. The van der Waals surface area contributed by atoms with Gasteiger partial charge in [-0.05, 0) is 44.2 Å². The van der Waals surface area contributed by atoms with Crippen molar-refractivity contribution >= 4 is 43.0 Å². The lowest BCUT2D eigenvalue weighted by Gasteiger charge is -2.11. The van der Waals surface area contributed by atoms with Gasteiger partial charge in [0.15, 0.2) is 9.84 Å². The van der Waals surface area contributed by atoms with E-state index in [2.05, 4.69) is 10.3 Å². The molecule has 1 heterocycles. The van der Waals surface area contributed by atoms with Crippen LogP contribution in [0.25, 0.3) is 10.2 Å². The number of hydrogen-bond donors (Lipinski definition) is 1. The van der Waals surface area contributed by atoms with E-state index in [0.717, 1.165) is 15.2 Å². The van der Waals surface area contributed by atoms with Gasteiger partial charge >= 0.3 is 0 Å². The van der Waals surface area contributed by atoms with E-state index in [0.29, 0.717) is 18.0 Å². The Bertz CT molecular complexity index is 1070. The first kappa shape index (κ1) is 19.3. The van der Waals surface area contributed by atoms with Crippen LogP contribution in [-0.2, 0) is 14.6 Å². The number of nitrogens with zero attached hydrogens (tertiary/aromatic N) is 1. The second kappa shape index (κ2) is 8.06.